The number of rotatable bonds is 2. The lowest BCUT2D eigenvalue weighted by Crippen LogP contribution is -2.40. The van der Waals surface area contributed by atoms with Crippen molar-refractivity contribution < 1.29 is 17.6 Å². The summed E-state index contributed by atoms with van der Waals surface area (Å²) in [5.74, 6) is -4.55. The van der Waals surface area contributed by atoms with Crippen molar-refractivity contribution in [1.29, 1.82) is 0 Å². The maximum atomic E-state index is 13.8. The average Bonchev–Trinajstić information content (AvgIpc) is 2.77. The number of pyridine rings is 1. The van der Waals surface area contributed by atoms with Crippen molar-refractivity contribution in [1.82, 2.24) is 4.98 Å². The van der Waals surface area contributed by atoms with Gasteiger partial charge in [0.1, 0.15) is 5.69 Å². The summed E-state index contributed by atoms with van der Waals surface area (Å²) in [6.07, 6.45) is 4.92. The van der Waals surface area contributed by atoms with E-state index in [0.717, 1.165) is 25.7 Å². The monoisotopic (exact) mass is 286 g/mol. The molecule has 0 aromatic carbocycles. The van der Waals surface area contributed by atoms with E-state index in [1.54, 1.807) is 0 Å². The van der Waals surface area contributed by atoms with Crippen LogP contribution in [0.15, 0.2) is 0 Å². The summed E-state index contributed by atoms with van der Waals surface area (Å²) < 4.78 is 53.9. The molecule has 2 nitrogen and oxygen atoms in total. The van der Waals surface area contributed by atoms with E-state index in [0.29, 0.717) is 17.8 Å². The number of hydrogen-bond acceptors (Lipinski definition) is 2. The Morgan fingerprint density at radius 2 is 1.45 bits per heavy atom. The van der Waals surface area contributed by atoms with E-state index < -0.39 is 34.8 Å². The summed E-state index contributed by atoms with van der Waals surface area (Å²) in [5.41, 5.74) is -1.08. The molecule has 2 atom stereocenters. The predicted molar refractivity (Wildman–Crippen MR) is 64.0 cm³/mol. The normalized spacial score (nSPS) is 37.7. The molecule has 4 aliphatic carbocycles. The number of nitrogens with zero attached hydrogens (tertiary/aromatic N) is 1. The minimum Gasteiger partial charge on any atom is -0.374 e. The molecule has 0 saturated heterocycles. The van der Waals surface area contributed by atoms with Crippen molar-refractivity contribution >= 4 is 5.69 Å². The summed E-state index contributed by atoms with van der Waals surface area (Å²) in [4.78, 5) is 2.59. The van der Waals surface area contributed by atoms with Crippen LogP contribution in [0.1, 0.15) is 32.1 Å². The molecular formula is C14H14F4N2. The number of anilines is 1. The predicted octanol–water partition coefficient (Wildman–Crippen LogP) is 3.63. The standard InChI is InChI=1S/C14H14F4N2/c15-9-11(10(16)13(18)19-12(9)17)20-14-4-6-1-7(5-14)3-8(14)2-6/h6-8H,1-5H2,(H,19,20). The Bertz CT molecular complexity index is 549. The molecule has 108 valence electrons. The summed E-state index contributed by atoms with van der Waals surface area (Å²) in [6.45, 7) is 0. The molecule has 2 unspecified atom stereocenters. The largest absolute Gasteiger partial charge is 0.374 e. The zero-order chi connectivity index (χ0) is 14.1. The van der Waals surface area contributed by atoms with Gasteiger partial charge in [0.25, 0.3) is 11.9 Å². The lowest BCUT2D eigenvalue weighted by Gasteiger charge is -2.35. The Morgan fingerprint density at radius 1 is 0.900 bits per heavy atom. The third kappa shape index (κ3) is 1.53. The lowest BCUT2D eigenvalue weighted by molar-refractivity contribution is 0.273. The Hall–Kier alpha value is -1.33. The number of hydrogen-bond donors (Lipinski definition) is 1. The van der Waals surface area contributed by atoms with Crippen LogP contribution in [0.2, 0.25) is 0 Å². The first-order chi connectivity index (χ1) is 9.48. The van der Waals surface area contributed by atoms with Gasteiger partial charge in [-0.25, -0.2) is 0 Å². The van der Waals surface area contributed by atoms with Gasteiger partial charge in [-0.3, -0.25) is 0 Å². The molecule has 0 spiro atoms. The van der Waals surface area contributed by atoms with Crippen molar-refractivity contribution in [2.75, 3.05) is 5.32 Å². The van der Waals surface area contributed by atoms with Crippen LogP contribution in [0.5, 0.6) is 0 Å². The molecule has 4 fully saturated rings. The summed E-state index contributed by atoms with van der Waals surface area (Å²) in [5, 5.41) is 2.83. The second-order valence-electron chi connectivity index (χ2n) is 6.52. The molecule has 1 aromatic rings. The molecule has 4 saturated carbocycles. The van der Waals surface area contributed by atoms with E-state index in [2.05, 4.69) is 10.3 Å². The molecule has 0 amide bonds. The molecule has 6 heteroatoms. The highest BCUT2D eigenvalue weighted by atomic mass is 19.2. The zero-order valence-corrected chi connectivity index (χ0v) is 10.7. The van der Waals surface area contributed by atoms with Crippen LogP contribution in [0.4, 0.5) is 23.2 Å². The maximum absolute atomic E-state index is 13.8. The van der Waals surface area contributed by atoms with E-state index in [-0.39, 0.29) is 0 Å². The second kappa shape index (κ2) is 3.86. The summed E-state index contributed by atoms with van der Waals surface area (Å²) >= 11 is 0. The van der Waals surface area contributed by atoms with Crippen molar-refractivity contribution in [3.05, 3.63) is 23.5 Å². The fraction of sp³-hybridized carbons (Fsp3) is 0.643. The van der Waals surface area contributed by atoms with Crippen LogP contribution in [0.3, 0.4) is 0 Å². The molecule has 1 N–H and O–H groups in total. The van der Waals surface area contributed by atoms with E-state index in [4.69, 9.17) is 0 Å². The van der Waals surface area contributed by atoms with Crippen molar-refractivity contribution in [3.63, 3.8) is 0 Å². The molecule has 4 aliphatic rings. The van der Waals surface area contributed by atoms with Crippen LogP contribution in [0.25, 0.3) is 0 Å². The van der Waals surface area contributed by atoms with Gasteiger partial charge >= 0.3 is 0 Å². The van der Waals surface area contributed by atoms with Gasteiger partial charge in [0, 0.05) is 5.54 Å². The minimum atomic E-state index is -1.60. The topological polar surface area (TPSA) is 24.9 Å². The van der Waals surface area contributed by atoms with E-state index in [1.807, 2.05) is 0 Å². The molecule has 1 heterocycles. The van der Waals surface area contributed by atoms with Crippen molar-refractivity contribution in [2.24, 2.45) is 17.8 Å². The Labute approximate surface area is 113 Å². The van der Waals surface area contributed by atoms with Gasteiger partial charge in [-0.1, -0.05) is 0 Å². The highest BCUT2D eigenvalue weighted by Crippen LogP contribution is 2.61. The van der Waals surface area contributed by atoms with Crippen LogP contribution in [-0.4, -0.2) is 10.5 Å². The Balaban J connectivity index is 1.74. The minimum absolute atomic E-state index is 0.351. The van der Waals surface area contributed by atoms with E-state index >= 15 is 0 Å². The SMILES string of the molecule is Fc1nc(F)c(F)c(NC23CC4CC(CC2C4)C3)c1F. The van der Waals surface area contributed by atoms with Crippen LogP contribution in [0, 0.1) is 41.3 Å². The molecule has 0 aliphatic heterocycles. The van der Waals surface area contributed by atoms with Crippen molar-refractivity contribution in [2.45, 2.75) is 37.6 Å². The van der Waals surface area contributed by atoms with Crippen LogP contribution >= 0.6 is 0 Å². The molecule has 1 aromatic heterocycles. The molecule has 0 radical (unpaired) electrons. The fourth-order valence-electron chi connectivity index (χ4n) is 4.85. The molecular weight excluding hydrogens is 272 g/mol. The van der Waals surface area contributed by atoms with Gasteiger partial charge in [-0.2, -0.15) is 22.5 Å². The third-order valence-corrected chi connectivity index (χ3v) is 5.36. The average molecular weight is 286 g/mol. The molecule has 5 rings (SSSR count). The fourth-order valence-corrected chi connectivity index (χ4v) is 4.85. The lowest BCUT2D eigenvalue weighted by atomic mass is 9.80. The first kappa shape index (κ1) is 12.4. The summed E-state index contributed by atoms with van der Waals surface area (Å²) in [7, 11) is 0. The van der Waals surface area contributed by atoms with Gasteiger partial charge in [0.05, 0.1) is 0 Å². The van der Waals surface area contributed by atoms with Crippen LogP contribution in [-0.2, 0) is 0 Å². The third-order valence-electron chi connectivity index (χ3n) is 5.36. The van der Waals surface area contributed by atoms with E-state index in [9.17, 15) is 17.6 Å². The smallest absolute Gasteiger partial charge is 0.253 e. The Morgan fingerprint density at radius 3 is 2.00 bits per heavy atom. The van der Waals surface area contributed by atoms with Gasteiger partial charge < -0.3 is 5.32 Å². The number of nitrogens with one attached hydrogen (secondary N) is 1. The van der Waals surface area contributed by atoms with Crippen molar-refractivity contribution in [3.8, 4) is 0 Å². The second-order valence-corrected chi connectivity index (χ2v) is 6.52. The molecule has 20 heavy (non-hydrogen) atoms. The number of halogens is 4. The van der Waals surface area contributed by atoms with Gasteiger partial charge in [0.2, 0.25) is 11.6 Å². The highest BCUT2D eigenvalue weighted by molar-refractivity contribution is 5.49. The Kier molecular flexibility index (Phi) is 2.40. The quantitative estimate of drug-likeness (QED) is 0.663. The first-order valence-electron chi connectivity index (χ1n) is 6.96. The first-order valence-corrected chi connectivity index (χ1v) is 6.96. The molecule has 4 bridgehead atoms. The zero-order valence-electron chi connectivity index (χ0n) is 10.7. The highest BCUT2D eigenvalue weighted by Gasteiger charge is 2.58. The van der Waals surface area contributed by atoms with E-state index in [1.165, 1.54) is 6.42 Å². The van der Waals surface area contributed by atoms with Gasteiger partial charge in [-0.15, -0.1) is 0 Å². The summed E-state index contributed by atoms with van der Waals surface area (Å²) in [6, 6.07) is 0. The van der Waals surface area contributed by atoms with Gasteiger partial charge in [0.15, 0.2) is 0 Å². The van der Waals surface area contributed by atoms with Crippen LogP contribution < -0.4 is 5.32 Å². The number of aromatic nitrogens is 1. The van der Waals surface area contributed by atoms with Gasteiger partial charge in [-0.05, 0) is 49.9 Å². The maximum Gasteiger partial charge on any atom is 0.253 e.